The Kier molecular flexibility index (Phi) is 5.30. The molecule has 1 aliphatic rings. The van der Waals surface area contributed by atoms with E-state index in [2.05, 4.69) is 16.2 Å². The van der Waals surface area contributed by atoms with Crippen molar-refractivity contribution >= 4 is 11.9 Å². The molecule has 0 radical (unpaired) electrons. The average molecular weight is 291 g/mol. The van der Waals surface area contributed by atoms with Gasteiger partial charge in [0.25, 0.3) is 0 Å². The predicted molar refractivity (Wildman–Crippen MR) is 78.5 cm³/mol. The van der Waals surface area contributed by atoms with Crippen molar-refractivity contribution in [3.8, 4) is 0 Å². The Bertz CT molecular complexity index is 492. The molecule has 1 aromatic rings. The summed E-state index contributed by atoms with van der Waals surface area (Å²) in [5.74, 6) is -1.30. The van der Waals surface area contributed by atoms with Crippen LogP contribution in [0.1, 0.15) is 25.3 Å². The number of rotatable bonds is 6. The van der Waals surface area contributed by atoms with Gasteiger partial charge in [-0.15, -0.1) is 0 Å². The number of carbonyl (C=O) groups is 2. The summed E-state index contributed by atoms with van der Waals surface area (Å²) in [6, 6.07) is 8.23. The minimum Gasteiger partial charge on any atom is -0.480 e. The SMILES string of the molecule is CCC1CC(C(=O)N[C@H](Cc2ccccc2)C(=O)O)NN1. The van der Waals surface area contributed by atoms with Crippen LogP contribution in [0.2, 0.25) is 0 Å². The minimum atomic E-state index is -1.02. The van der Waals surface area contributed by atoms with E-state index in [4.69, 9.17) is 0 Å². The fraction of sp³-hybridized carbons (Fsp3) is 0.467. The molecule has 1 aromatic carbocycles. The van der Waals surface area contributed by atoms with Gasteiger partial charge in [-0.3, -0.25) is 10.2 Å². The monoisotopic (exact) mass is 291 g/mol. The molecule has 1 saturated heterocycles. The summed E-state index contributed by atoms with van der Waals surface area (Å²) >= 11 is 0. The van der Waals surface area contributed by atoms with E-state index >= 15 is 0 Å². The highest BCUT2D eigenvalue weighted by Crippen LogP contribution is 2.09. The molecule has 6 heteroatoms. The highest BCUT2D eigenvalue weighted by Gasteiger charge is 2.30. The molecule has 2 rings (SSSR count). The van der Waals surface area contributed by atoms with Crippen molar-refractivity contribution in [3.63, 3.8) is 0 Å². The number of aliphatic carboxylic acids is 1. The molecular weight excluding hydrogens is 270 g/mol. The molecule has 0 spiro atoms. The number of carboxylic acid groups (broad SMARTS) is 1. The van der Waals surface area contributed by atoms with E-state index in [1.807, 2.05) is 37.3 Å². The van der Waals surface area contributed by atoms with Crippen molar-refractivity contribution in [1.82, 2.24) is 16.2 Å². The number of nitrogens with one attached hydrogen (secondary N) is 3. The zero-order valence-electron chi connectivity index (χ0n) is 12.0. The highest BCUT2D eigenvalue weighted by atomic mass is 16.4. The minimum absolute atomic E-state index is 0.248. The number of hydrazine groups is 1. The molecule has 0 aliphatic carbocycles. The van der Waals surface area contributed by atoms with Gasteiger partial charge in [0.15, 0.2) is 0 Å². The molecule has 21 heavy (non-hydrogen) atoms. The van der Waals surface area contributed by atoms with Gasteiger partial charge in [-0.2, -0.15) is 0 Å². The van der Waals surface area contributed by atoms with Gasteiger partial charge in [-0.1, -0.05) is 37.3 Å². The molecule has 114 valence electrons. The van der Waals surface area contributed by atoms with E-state index in [-0.39, 0.29) is 24.4 Å². The number of carbonyl (C=O) groups excluding carboxylic acids is 1. The molecule has 4 N–H and O–H groups in total. The zero-order chi connectivity index (χ0) is 15.2. The maximum absolute atomic E-state index is 12.1. The maximum Gasteiger partial charge on any atom is 0.326 e. The van der Waals surface area contributed by atoms with Gasteiger partial charge < -0.3 is 10.4 Å². The smallest absolute Gasteiger partial charge is 0.326 e. The molecule has 3 atom stereocenters. The van der Waals surface area contributed by atoms with E-state index in [1.54, 1.807) is 0 Å². The molecule has 0 bridgehead atoms. The predicted octanol–water partition coefficient (Wildman–Crippen LogP) is 0.444. The standard InChI is InChI=1S/C15H21N3O3/c1-2-11-9-12(18-17-11)14(19)16-13(15(20)21)8-10-6-4-3-5-7-10/h3-7,11-13,17-18H,2,8-9H2,1H3,(H,16,19)(H,20,21)/t11?,12?,13-/m1/s1. The molecule has 2 unspecified atom stereocenters. The van der Waals surface area contributed by atoms with Crippen LogP contribution in [0.5, 0.6) is 0 Å². The van der Waals surface area contributed by atoms with E-state index in [9.17, 15) is 14.7 Å². The summed E-state index contributed by atoms with van der Waals surface area (Å²) < 4.78 is 0. The lowest BCUT2D eigenvalue weighted by Gasteiger charge is -2.17. The number of benzene rings is 1. The number of amides is 1. The summed E-state index contributed by atoms with van der Waals surface area (Å²) in [5.41, 5.74) is 6.83. The van der Waals surface area contributed by atoms with Crippen molar-refractivity contribution in [3.05, 3.63) is 35.9 Å². The average Bonchev–Trinajstić information content (AvgIpc) is 2.96. The Hall–Kier alpha value is -1.92. The summed E-state index contributed by atoms with van der Waals surface area (Å²) in [5, 5.41) is 11.9. The van der Waals surface area contributed by atoms with E-state index in [1.165, 1.54) is 0 Å². The van der Waals surface area contributed by atoms with Crippen LogP contribution in [-0.2, 0) is 16.0 Å². The molecule has 0 saturated carbocycles. The highest BCUT2D eigenvalue weighted by molar-refractivity contribution is 5.87. The summed E-state index contributed by atoms with van der Waals surface area (Å²) in [6.07, 6.45) is 1.86. The largest absolute Gasteiger partial charge is 0.480 e. The first-order chi connectivity index (χ1) is 10.1. The normalized spacial score (nSPS) is 22.7. The number of carboxylic acids is 1. The zero-order valence-corrected chi connectivity index (χ0v) is 12.0. The van der Waals surface area contributed by atoms with Gasteiger partial charge in [0.05, 0.1) is 0 Å². The number of hydrogen-bond donors (Lipinski definition) is 4. The van der Waals surface area contributed by atoms with Gasteiger partial charge in [-0.25, -0.2) is 10.2 Å². The third-order valence-corrected chi connectivity index (χ3v) is 3.69. The molecule has 0 aromatic heterocycles. The molecular formula is C15H21N3O3. The lowest BCUT2D eigenvalue weighted by molar-refractivity contribution is -0.142. The Morgan fingerprint density at radius 3 is 2.62 bits per heavy atom. The molecule has 1 fully saturated rings. The second-order valence-electron chi connectivity index (χ2n) is 5.27. The van der Waals surface area contributed by atoms with Crippen LogP contribution in [0.4, 0.5) is 0 Å². The van der Waals surface area contributed by atoms with Crippen molar-refractivity contribution in [1.29, 1.82) is 0 Å². The number of hydrogen-bond acceptors (Lipinski definition) is 4. The second kappa shape index (κ2) is 7.19. The van der Waals surface area contributed by atoms with Gasteiger partial charge in [0.1, 0.15) is 12.1 Å². The maximum atomic E-state index is 12.1. The molecule has 1 aliphatic heterocycles. The molecule has 1 heterocycles. The Balaban J connectivity index is 1.94. The Labute approximate surface area is 123 Å². The van der Waals surface area contributed by atoms with Crippen molar-refractivity contribution in [2.75, 3.05) is 0 Å². The van der Waals surface area contributed by atoms with Crippen LogP contribution in [0.3, 0.4) is 0 Å². The van der Waals surface area contributed by atoms with E-state index < -0.39 is 12.0 Å². The van der Waals surface area contributed by atoms with Gasteiger partial charge >= 0.3 is 5.97 Å². The van der Waals surface area contributed by atoms with Crippen LogP contribution in [-0.4, -0.2) is 35.1 Å². The summed E-state index contributed by atoms with van der Waals surface area (Å²) in [4.78, 5) is 23.5. The van der Waals surface area contributed by atoms with Crippen molar-refractivity contribution in [2.24, 2.45) is 0 Å². The van der Waals surface area contributed by atoms with Gasteiger partial charge in [0.2, 0.25) is 5.91 Å². The van der Waals surface area contributed by atoms with Crippen LogP contribution >= 0.6 is 0 Å². The second-order valence-corrected chi connectivity index (χ2v) is 5.27. The first-order valence-electron chi connectivity index (χ1n) is 7.18. The van der Waals surface area contributed by atoms with Crippen molar-refractivity contribution < 1.29 is 14.7 Å². The van der Waals surface area contributed by atoms with E-state index in [0.717, 1.165) is 12.0 Å². The third-order valence-electron chi connectivity index (χ3n) is 3.69. The topological polar surface area (TPSA) is 90.5 Å². The Morgan fingerprint density at radius 2 is 2.05 bits per heavy atom. The van der Waals surface area contributed by atoms with Gasteiger partial charge in [-0.05, 0) is 18.4 Å². The summed E-state index contributed by atoms with van der Waals surface area (Å²) in [7, 11) is 0. The van der Waals surface area contributed by atoms with Crippen LogP contribution in [0, 0.1) is 0 Å². The molecule has 1 amide bonds. The van der Waals surface area contributed by atoms with Crippen LogP contribution in [0.15, 0.2) is 30.3 Å². The van der Waals surface area contributed by atoms with Gasteiger partial charge in [0, 0.05) is 12.5 Å². The van der Waals surface area contributed by atoms with Crippen molar-refractivity contribution in [2.45, 2.75) is 44.3 Å². The summed E-state index contributed by atoms with van der Waals surface area (Å²) in [6.45, 7) is 2.04. The lowest BCUT2D eigenvalue weighted by Crippen LogP contribution is -2.50. The lowest BCUT2D eigenvalue weighted by atomic mass is 10.0. The fourth-order valence-electron chi connectivity index (χ4n) is 2.38. The first kappa shape index (κ1) is 15.5. The fourth-order valence-corrected chi connectivity index (χ4v) is 2.38. The quantitative estimate of drug-likeness (QED) is 0.611. The first-order valence-corrected chi connectivity index (χ1v) is 7.18. The van der Waals surface area contributed by atoms with Crippen LogP contribution < -0.4 is 16.2 Å². The Morgan fingerprint density at radius 1 is 1.33 bits per heavy atom. The van der Waals surface area contributed by atoms with Crippen LogP contribution in [0.25, 0.3) is 0 Å². The third kappa shape index (κ3) is 4.27. The molecule has 6 nitrogen and oxygen atoms in total. The van der Waals surface area contributed by atoms with E-state index in [0.29, 0.717) is 6.42 Å².